The number of benzene rings is 1. The van der Waals surface area contributed by atoms with E-state index in [0.29, 0.717) is 24.5 Å². The Morgan fingerprint density at radius 1 is 1.41 bits per heavy atom. The molecule has 2 aromatic rings. The number of anilines is 1. The molecule has 0 bridgehead atoms. The summed E-state index contributed by atoms with van der Waals surface area (Å²) in [5.41, 5.74) is 7.98. The maximum absolute atomic E-state index is 11.5. The number of nitrogens with zero attached hydrogens (tertiary/aromatic N) is 1. The number of ether oxygens (including phenoxy) is 1. The zero-order valence-electron chi connectivity index (χ0n) is 13.6. The molecule has 0 aliphatic rings. The lowest BCUT2D eigenvalue weighted by atomic mass is 10.1. The predicted octanol–water partition coefficient (Wildman–Crippen LogP) is 2.81. The zero-order chi connectivity index (χ0) is 16.3. The first-order chi connectivity index (χ1) is 10.3. The first kappa shape index (κ1) is 16.1. The van der Waals surface area contributed by atoms with Gasteiger partial charge in [-0.15, -0.1) is 0 Å². The van der Waals surface area contributed by atoms with Gasteiger partial charge in [0.05, 0.1) is 16.4 Å². The summed E-state index contributed by atoms with van der Waals surface area (Å²) in [6, 6.07) is 7.50. The van der Waals surface area contributed by atoms with Crippen LogP contribution in [-0.2, 0) is 4.79 Å². The molecule has 22 heavy (non-hydrogen) atoms. The molecule has 0 fully saturated rings. The van der Waals surface area contributed by atoms with Crippen molar-refractivity contribution in [2.24, 2.45) is 0 Å². The van der Waals surface area contributed by atoms with E-state index >= 15 is 0 Å². The van der Waals surface area contributed by atoms with Gasteiger partial charge in [0.25, 0.3) is 0 Å². The Morgan fingerprint density at radius 3 is 2.82 bits per heavy atom. The largest absolute Gasteiger partial charge is 0.490 e. The van der Waals surface area contributed by atoms with Gasteiger partial charge >= 0.3 is 0 Å². The highest BCUT2D eigenvalue weighted by Gasteiger charge is 2.21. The molecule has 0 unspecified atom stereocenters. The maximum atomic E-state index is 11.5. The minimum absolute atomic E-state index is 0.00308. The van der Waals surface area contributed by atoms with Gasteiger partial charge in [-0.05, 0) is 39.0 Å². The zero-order valence-corrected chi connectivity index (χ0v) is 13.6. The number of carbonyl (C=O) groups excluding carboxylic acids is 1. The minimum atomic E-state index is -0.456. The van der Waals surface area contributed by atoms with E-state index in [1.807, 2.05) is 52.0 Å². The number of rotatable bonds is 5. The topological polar surface area (TPSA) is 77.2 Å². The van der Waals surface area contributed by atoms with Crippen LogP contribution >= 0.6 is 0 Å². The van der Waals surface area contributed by atoms with Crippen LogP contribution in [0.1, 0.15) is 32.9 Å². The quantitative estimate of drug-likeness (QED) is 0.890. The van der Waals surface area contributed by atoms with Crippen LogP contribution in [0.25, 0.3) is 10.9 Å². The van der Waals surface area contributed by atoms with Crippen molar-refractivity contribution in [1.29, 1.82) is 0 Å². The van der Waals surface area contributed by atoms with Crippen LogP contribution in [0.5, 0.6) is 5.75 Å². The van der Waals surface area contributed by atoms with Crippen molar-refractivity contribution in [1.82, 2.24) is 10.3 Å². The molecular formula is C17H23N3O2. The van der Waals surface area contributed by atoms with Gasteiger partial charge in [0.1, 0.15) is 12.4 Å². The summed E-state index contributed by atoms with van der Waals surface area (Å²) in [5, 5.41) is 3.75. The Hall–Kier alpha value is -2.30. The molecular weight excluding hydrogens is 278 g/mol. The van der Waals surface area contributed by atoms with E-state index in [9.17, 15) is 4.79 Å². The van der Waals surface area contributed by atoms with E-state index in [2.05, 4.69) is 10.3 Å². The number of amides is 1. The van der Waals surface area contributed by atoms with E-state index in [-0.39, 0.29) is 5.91 Å². The van der Waals surface area contributed by atoms with Crippen molar-refractivity contribution < 1.29 is 9.53 Å². The first-order valence-corrected chi connectivity index (χ1v) is 7.42. The van der Waals surface area contributed by atoms with Crippen molar-refractivity contribution in [3.05, 3.63) is 30.0 Å². The third-order valence-electron chi connectivity index (χ3n) is 3.34. The van der Waals surface area contributed by atoms with Crippen LogP contribution in [0.3, 0.4) is 0 Å². The summed E-state index contributed by atoms with van der Waals surface area (Å²) in [5.74, 6) is 0.685. The highest BCUT2D eigenvalue weighted by Crippen LogP contribution is 2.30. The van der Waals surface area contributed by atoms with Crippen LogP contribution < -0.4 is 15.8 Å². The summed E-state index contributed by atoms with van der Waals surface area (Å²) >= 11 is 0. The summed E-state index contributed by atoms with van der Waals surface area (Å²) < 4.78 is 5.92. The maximum Gasteiger partial charge on any atom is 0.220 e. The van der Waals surface area contributed by atoms with Gasteiger partial charge in [-0.3, -0.25) is 9.78 Å². The molecule has 5 heteroatoms. The lowest BCUT2D eigenvalue weighted by molar-refractivity contribution is -0.122. The number of carbonyl (C=O) groups is 1. The van der Waals surface area contributed by atoms with E-state index in [1.54, 1.807) is 0 Å². The van der Waals surface area contributed by atoms with Crippen molar-refractivity contribution >= 4 is 22.5 Å². The second kappa shape index (κ2) is 6.22. The first-order valence-electron chi connectivity index (χ1n) is 7.42. The molecule has 118 valence electrons. The van der Waals surface area contributed by atoms with Crippen LogP contribution in [0.15, 0.2) is 24.3 Å². The van der Waals surface area contributed by atoms with E-state index in [1.165, 1.54) is 0 Å². The fourth-order valence-electron chi connectivity index (χ4n) is 2.30. The molecule has 0 radical (unpaired) electrons. The lowest BCUT2D eigenvalue weighted by Crippen LogP contribution is -2.47. The molecule has 0 aliphatic heterocycles. The number of hydrogen-bond donors (Lipinski definition) is 2. The average Bonchev–Trinajstić information content (AvgIpc) is 2.44. The van der Waals surface area contributed by atoms with E-state index < -0.39 is 5.54 Å². The molecule has 1 aromatic carbocycles. The van der Waals surface area contributed by atoms with E-state index in [4.69, 9.17) is 10.5 Å². The molecule has 0 saturated carbocycles. The van der Waals surface area contributed by atoms with Crippen molar-refractivity contribution in [2.75, 3.05) is 12.3 Å². The third-order valence-corrected chi connectivity index (χ3v) is 3.34. The summed E-state index contributed by atoms with van der Waals surface area (Å²) in [7, 11) is 0. The van der Waals surface area contributed by atoms with Gasteiger partial charge < -0.3 is 15.8 Å². The smallest absolute Gasteiger partial charge is 0.220 e. The SMILES string of the molecule is CCC(=O)NC(C)(C)COc1cccc2nc(C)cc(N)c12. The highest BCUT2D eigenvalue weighted by molar-refractivity contribution is 5.95. The van der Waals surface area contributed by atoms with Gasteiger partial charge in [-0.25, -0.2) is 0 Å². The van der Waals surface area contributed by atoms with Crippen molar-refractivity contribution in [2.45, 2.75) is 39.7 Å². The molecule has 1 aromatic heterocycles. The molecule has 0 aliphatic carbocycles. The molecule has 0 saturated heterocycles. The lowest BCUT2D eigenvalue weighted by Gasteiger charge is -2.26. The molecule has 1 heterocycles. The Balaban J connectivity index is 2.24. The molecule has 2 rings (SSSR count). The molecule has 0 spiro atoms. The minimum Gasteiger partial charge on any atom is -0.490 e. The van der Waals surface area contributed by atoms with Crippen LogP contribution in [0.2, 0.25) is 0 Å². The van der Waals surface area contributed by atoms with Gasteiger partial charge in [0, 0.05) is 17.8 Å². The van der Waals surface area contributed by atoms with Crippen molar-refractivity contribution in [3.8, 4) is 5.75 Å². The second-order valence-electron chi connectivity index (χ2n) is 6.08. The normalized spacial score (nSPS) is 11.5. The summed E-state index contributed by atoms with van der Waals surface area (Å²) in [6.07, 6.45) is 0.452. The molecule has 5 nitrogen and oxygen atoms in total. The predicted molar refractivity (Wildman–Crippen MR) is 88.9 cm³/mol. The van der Waals surface area contributed by atoms with Gasteiger partial charge in [0.2, 0.25) is 5.91 Å². The number of nitrogens with one attached hydrogen (secondary N) is 1. The average molecular weight is 301 g/mol. The molecule has 3 N–H and O–H groups in total. The highest BCUT2D eigenvalue weighted by atomic mass is 16.5. The van der Waals surface area contributed by atoms with Crippen LogP contribution in [0, 0.1) is 6.92 Å². The Bertz CT molecular complexity index is 696. The second-order valence-corrected chi connectivity index (χ2v) is 6.08. The number of fused-ring (bicyclic) bond motifs is 1. The van der Waals surface area contributed by atoms with Crippen LogP contribution in [-0.4, -0.2) is 23.0 Å². The standard InChI is InChI=1S/C17H23N3O2/c1-5-15(21)20-17(3,4)10-22-14-8-6-7-13-16(14)12(18)9-11(2)19-13/h6-9H,5,10H2,1-4H3,(H2,18,19)(H,20,21). The van der Waals surface area contributed by atoms with Crippen LogP contribution in [0.4, 0.5) is 5.69 Å². The number of aromatic nitrogens is 1. The van der Waals surface area contributed by atoms with Gasteiger partial charge in [0.15, 0.2) is 0 Å². The number of aryl methyl sites for hydroxylation is 1. The Morgan fingerprint density at radius 2 is 2.14 bits per heavy atom. The van der Waals surface area contributed by atoms with Gasteiger partial charge in [-0.2, -0.15) is 0 Å². The monoisotopic (exact) mass is 301 g/mol. The Labute approximate surface area is 130 Å². The Kier molecular flexibility index (Phi) is 4.54. The number of hydrogen-bond acceptors (Lipinski definition) is 4. The summed E-state index contributed by atoms with van der Waals surface area (Å²) in [4.78, 5) is 16.0. The molecule has 1 amide bonds. The third kappa shape index (κ3) is 3.67. The number of pyridine rings is 1. The van der Waals surface area contributed by atoms with E-state index in [0.717, 1.165) is 16.6 Å². The number of nitrogen functional groups attached to an aromatic ring is 1. The van der Waals surface area contributed by atoms with Crippen molar-refractivity contribution in [3.63, 3.8) is 0 Å². The fourth-order valence-corrected chi connectivity index (χ4v) is 2.30. The number of nitrogens with two attached hydrogens (primary N) is 1. The van der Waals surface area contributed by atoms with Gasteiger partial charge in [-0.1, -0.05) is 13.0 Å². The summed E-state index contributed by atoms with van der Waals surface area (Å²) in [6.45, 7) is 7.94. The molecule has 0 atom stereocenters. The fraction of sp³-hybridized carbons (Fsp3) is 0.412.